The Balaban J connectivity index is 1.21. The van der Waals surface area contributed by atoms with Crippen molar-refractivity contribution in [2.24, 2.45) is 0 Å². The number of para-hydroxylation sites is 1. The third-order valence-electron chi connectivity index (χ3n) is 9.80. The van der Waals surface area contributed by atoms with Gasteiger partial charge in [-0.1, -0.05) is 127 Å². The van der Waals surface area contributed by atoms with E-state index < -0.39 is 14.3 Å². The maximum absolute atomic E-state index is 15.6. The lowest BCUT2D eigenvalue weighted by Crippen LogP contribution is -2.25. The summed E-state index contributed by atoms with van der Waals surface area (Å²) in [5, 5.41) is 7.77. The molecule has 0 N–H and O–H groups in total. The monoisotopic (exact) mass is 694 g/mol. The van der Waals surface area contributed by atoms with E-state index in [1.807, 2.05) is 152 Å². The summed E-state index contributed by atoms with van der Waals surface area (Å²) in [6.45, 7) is 0. The Labute approximate surface area is 296 Å². The third-order valence-corrected chi connectivity index (χ3v) is 15.9. The van der Waals surface area contributed by atoms with Crippen molar-refractivity contribution in [1.29, 1.82) is 0 Å². The van der Waals surface area contributed by atoms with Crippen LogP contribution in [0.15, 0.2) is 194 Å². The Hall–Kier alpha value is -5.79. The van der Waals surface area contributed by atoms with Crippen LogP contribution in [0.2, 0.25) is 0 Å². The SMILES string of the molecule is O=P(c1ccccc1)(c1ccccc1)c1ccc(-n2c3ccccc3c3cc(P(=O)(c4ccccc4)c4ccc5cccnc5c4)ccc32)cc1. The predicted molar refractivity (Wildman–Crippen MR) is 215 cm³/mol. The van der Waals surface area contributed by atoms with E-state index in [1.165, 1.54) is 0 Å². The van der Waals surface area contributed by atoms with Crippen LogP contribution in [0.5, 0.6) is 0 Å². The lowest BCUT2D eigenvalue weighted by atomic mass is 10.1. The summed E-state index contributed by atoms with van der Waals surface area (Å²) in [6, 6.07) is 61.8. The molecule has 0 aliphatic heterocycles. The first kappa shape index (κ1) is 31.2. The number of nitrogens with zero attached hydrogens (tertiary/aromatic N) is 2. The number of hydrogen-bond acceptors (Lipinski definition) is 3. The van der Waals surface area contributed by atoms with Crippen molar-refractivity contribution in [2.75, 3.05) is 0 Å². The van der Waals surface area contributed by atoms with Gasteiger partial charge in [0.25, 0.3) is 0 Å². The second-order valence-corrected chi connectivity index (χ2v) is 18.2. The normalized spacial score (nSPS) is 13.0. The number of aromatic nitrogens is 2. The molecule has 0 bridgehead atoms. The quantitative estimate of drug-likeness (QED) is 0.157. The van der Waals surface area contributed by atoms with Gasteiger partial charge in [0.15, 0.2) is 14.3 Å². The van der Waals surface area contributed by atoms with E-state index in [0.29, 0.717) is 0 Å². The van der Waals surface area contributed by atoms with Crippen LogP contribution in [0.1, 0.15) is 0 Å². The van der Waals surface area contributed by atoms with Crippen molar-refractivity contribution in [2.45, 2.75) is 0 Å². The molecule has 0 fully saturated rings. The molecule has 0 saturated carbocycles. The van der Waals surface area contributed by atoms with Gasteiger partial charge in [-0.25, -0.2) is 0 Å². The molecular formula is C45H32N2O2P2. The standard InChI is InChI=1S/C45H32N2O2P2/c48-50(35-14-4-1-5-15-35,36-16-6-2-7-17-36)38-26-23-34(24-27-38)47-44-21-11-10-20-41(44)42-31-39(28-29-45(42)47)51(49,37-18-8-3-9-19-37)40-25-22-33-13-12-30-46-43(33)32-40/h1-32H. The maximum atomic E-state index is 15.6. The minimum absolute atomic E-state index is 0.750. The molecule has 7 aromatic carbocycles. The molecule has 4 nitrogen and oxygen atoms in total. The van der Waals surface area contributed by atoms with Crippen molar-refractivity contribution in [1.82, 2.24) is 9.55 Å². The highest BCUT2D eigenvalue weighted by Gasteiger charge is 2.32. The molecule has 0 spiro atoms. The van der Waals surface area contributed by atoms with E-state index in [0.717, 1.165) is 70.2 Å². The highest BCUT2D eigenvalue weighted by Crippen LogP contribution is 2.45. The first-order valence-corrected chi connectivity index (χ1v) is 20.3. The zero-order chi connectivity index (χ0) is 34.4. The van der Waals surface area contributed by atoms with Gasteiger partial charge in [-0.2, -0.15) is 0 Å². The van der Waals surface area contributed by atoms with Gasteiger partial charge in [0.05, 0.1) is 16.6 Å². The molecule has 9 aromatic rings. The molecule has 1 atom stereocenters. The van der Waals surface area contributed by atoms with Crippen LogP contribution in [-0.2, 0) is 9.13 Å². The molecule has 0 saturated heterocycles. The molecule has 0 aliphatic carbocycles. The summed E-state index contributed by atoms with van der Waals surface area (Å²) < 4.78 is 32.9. The Morgan fingerprint density at radius 3 is 1.53 bits per heavy atom. The Morgan fingerprint density at radius 1 is 0.392 bits per heavy atom. The second kappa shape index (κ2) is 12.5. The van der Waals surface area contributed by atoms with E-state index in [9.17, 15) is 0 Å². The largest absolute Gasteiger partial charge is 0.309 e. The molecule has 0 aliphatic rings. The smallest absolute Gasteiger partial charge is 0.171 e. The fourth-order valence-electron chi connectivity index (χ4n) is 7.31. The Bertz CT molecular complexity index is 2750. The molecule has 6 heteroatoms. The fourth-order valence-corrected chi connectivity index (χ4v) is 12.6. The highest BCUT2D eigenvalue weighted by atomic mass is 31.2. The van der Waals surface area contributed by atoms with Gasteiger partial charge in [-0.3, -0.25) is 4.98 Å². The number of hydrogen-bond donors (Lipinski definition) is 0. The topological polar surface area (TPSA) is 52.0 Å². The van der Waals surface area contributed by atoms with Crippen molar-refractivity contribution in [3.8, 4) is 5.69 Å². The van der Waals surface area contributed by atoms with E-state index in [1.54, 1.807) is 6.20 Å². The second-order valence-electron chi connectivity index (χ2n) is 12.7. The Kier molecular flexibility index (Phi) is 7.66. The van der Waals surface area contributed by atoms with Crippen LogP contribution in [0.3, 0.4) is 0 Å². The average Bonchev–Trinajstić information content (AvgIpc) is 3.55. The van der Waals surface area contributed by atoms with Crippen LogP contribution in [0.25, 0.3) is 38.4 Å². The highest BCUT2D eigenvalue weighted by molar-refractivity contribution is 7.85. The number of benzene rings is 7. The molecule has 244 valence electrons. The van der Waals surface area contributed by atoms with Gasteiger partial charge < -0.3 is 13.7 Å². The first-order valence-electron chi connectivity index (χ1n) is 16.9. The zero-order valence-corrected chi connectivity index (χ0v) is 29.4. The number of pyridine rings is 1. The summed E-state index contributed by atoms with van der Waals surface area (Å²) in [5.74, 6) is 0. The molecule has 0 radical (unpaired) electrons. The molecule has 9 rings (SSSR count). The number of rotatable bonds is 7. The minimum Gasteiger partial charge on any atom is -0.309 e. The van der Waals surface area contributed by atoms with Crippen molar-refractivity contribution >= 4 is 78.8 Å². The van der Waals surface area contributed by atoms with Crippen LogP contribution in [0, 0.1) is 0 Å². The van der Waals surface area contributed by atoms with Crippen LogP contribution >= 0.6 is 14.3 Å². The molecule has 2 heterocycles. The summed E-state index contributed by atoms with van der Waals surface area (Å²) in [5.41, 5.74) is 3.81. The van der Waals surface area contributed by atoms with Gasteiger partial charge in [0.1, 0.15) is 0 Å². The minimum atomic E-state index is -3.29. The average molecular weight is 695 g/mol. The van der Waals surface area contributed by atoms with E-state index in [2.05, 4.69) is 45.9 Å². The molecule has 0 amide bonds. The maximum Gasteiger partial charge on any atom is 0.171 e. The fraction of sp³-hybridized carbons (Fsp3) is 0. The lowest BCUT2D eigenvalue weighted by molar-refractivity contribution is 0.591. The first-order chi connectivity index (χ1) is 25.0. The zero-order valence-electron chi connectivity index (χ0n) is 27.6. The summed E-state index contributed by atoms with van der Waals surface area (Å²) in [6.07, 6.45) is 1.77. The molecule has 51 heavy (non-hydrogen) atoms. The summed E-state index contributed by atoms with van der Waals surface area (Å²) in [4.78, 5) is 4.58. The van der Waals surface area contributed by atoms with Gasteiger partial charge in [-0.15, -0.1) is 0 Å². The van der Waals surface area contributed by atoms with E-state index >= 15 is 9.13 Å². The predicted octanol–water partition coefficient (Wildman–Crippen LogP) is 8.61. The summed E-state index contributed by atoms with van der Waals surface area (Å²) in [7, 11) is -6.40. The number of fused-ring (bicyclic) bond motifs is 4. The van der Waals surface area contributed by atoms with E-state index in [-0.39, 0.29) is 0 Å². The summed E-state index contributed by atoms with van der Waals surface area (Å²) >= 11 is 0. The van der Waals surface area contributed by atoms with Crippen molar-refractivity contribution in [3.63, 3.8) is 0 Å². The van der Waals surface area contributed by atoms with Crippen LogP contribution in [-0.4, -0.2) is 9.55 Å². The van der Waals surface area contributed by atoms with Gasteiger partial charge in [0, 0.05) is 59.9 Å². The molecule has 1 unspecified atom stereocenters. The molecule has 2 aromatic heterocycles. The third kappa shape index (κ3) is 5.11. The van der Waals surface area contributed by atoms with Gasteiger partial charge >= 0.3 is 0 Å². The van der Waals surface area contributed by atoms with Crippen molar-refractivity contribution < 1.29 is 9.13 Å². The van der Waals surface area contributed by atoms with Crippen LogP contribution < -0.4 is 31.8 Å². The lowest BCUT2D eigenvalue weighted by Gasteiger charge is -2.21. The van der Waals surface area contributed by atoms with Crippen LogP contribution in [0.4, 0.5) is 0 Å². The van der Waals surface area contributed by atoms with Gasteiger partial charge in [0.2, 0.25) is 0 Å². The Morgan fingerprint density at radius 2 is 0.882 bits per heavy atom. The molecular weight excluding hydrogens is 662 g/mol. The van der Waals surface area contributed by atoms with Gasteiger partial charge in [-0.05, 0) is 60.7 Å². The van der Waals surface area contributed by atoms with E-state index in [4.69, 9.17) is 0 Å². The van der Waals surface area contributed by atoms with Crippen molar-refractivity contribution in [3.05, 3.63) is 194 Å².